The van der Waals surface area contributed by atoms with Gasteiger partial charge in [-0.2, -0.15) is 0 Å². The first-order chi connectivity index (χ1) is 18.0. The van der Waals surface area contributed by atoms with Gasteiger partial charge in [-0.15, -0.1) is 0 Å². The molecule has 0 N–H and O–H groups in total. The molecule has 37 heavy (non-hydrogen) atoms. The van der Waals surface area contributed by atoms with Crippen LogP contribution in [0.15, 0.2) is 82.2 Å². The summed E-state index contributed by atoms with van der Waals surface area (Å²) < 4.78 is 22.2. The van der Waals surface area contributed by atoms with E-state index >= 15 is 0 Å². The number of esters is 1. The second kappa shape index (κ2) is 9.98. The number of amides is 2. The fourth-order valence-electron chi connectivity index (χ4n) is 3.98. The van der Waals surface area contributed by atoms with E-state index in [9.17, 15) is 19.2 Å². The van der Waals surface area contributed by atoms with Crippen LogP contribution in [0.5, 0.6) is 23.0 Å². The summed E-state index contributed by atoms with van der Waals surface area (Å²) in [6.45, 7) is 2.17. The maximum absolute atomic E-state index is 12.9. The number of ether oxygens (including phenoxy) is 3. The third-order valence-electron chi connectivity index (χ3n) is 5.73. The molecule has 1 aliphatic rings. The van der Waals surface area contributed by atoms with E-state index in [2.05, 4.69) is 0 Å². The van der Waals surface area contributed by atoms with Gasteiger partial charge in [0, 0.05) is 12.6 Å². The molecule has 9 nitrogen and oxygen atoms in total. The summed E-state index contributed by atoms with van der Waals surface area (Å²) in [6, 6.07) is 17.8. The molecule has 9 heteroatoms. The van der Waals surface area contributed by atoms with Crippen molar-refractivity contribution in [1.82, 2.24) is 4.90 Å². The Hall–Kier alpha value is -4.92. The average molecular weight is 499 g/mol. The largest absolute Gasteiger partial charge is 0.490 e. The van der Waals surface area contributed by atoms with Crippen LogP contribution < -0.4 is 19.6 Å². The van der Waals surface area contributed by atoms with Crippen molar-refractivity contribution in [2.24, 2.45) is 0 Å². The van der Waals surface area contributed by atoms with E-state index in [4.69, 9.17) is 18.6 Å². The first-order valence-electron chi connectivity index (χ1n) is 11.6. The van der Waals surface area contributed by atoms with Crippen molar-refractivity contribution >= 4 is 28.8 Å². The van der Waals surface area contributed by atoms with Crippen LogP contribution in [0, 0.1) is 0 Å². The molecule has 4 aromatic rings. The summed E-state index contributed by atoms with van der Waals surface area (Å²) in [5.41, 5.74) is 0.419. The molecular formula is C28H21NO8. The first-order valence-corrected chi connectivity index (χ1v) is 11.6. The molecule has 0 spiro atoms. The first kappa shape index (κ1) is 23.8. The van der Waals surface area contributed by atoms with Crippen LogP contribution in [-0.2, 0) is 4.79 Å². The van der Waals surface area contributed by atoms with Crippen LogP contribution >= 0.6 is 0 Å². The highest BCUT2D eigenvalue weighted by Crippen LogP contribution is 2.31. The number of nitrogens with zero attached hydrogens (tertiary/aromatic N) is 1. The molecule has 0 fully saturated rings. The second-order valence-corrected chi connectivity index (χ2v) is 8.10. The van der Waals surface area contributed by atoms with Crippen molar-refractivity contribution in [3.05, 3.63) is 94.3 Å². The Morgan fingerprint density at radius 3 is 2.24 bits per heavy atom. The highest BCUT2D eigenvalue weighted by Gasteiger charge is 2.35. The lowest BCUT2D eigenvalue weighted by atomic mass is 10.1. The fraction of sp³-hybridized carbons (Fsp3) is 0.143. The number of fused-ring (bicyclic) bond motifs is 2. The summed E-state index contributed by atoms with van der Waals surface area (Å²) >= 11 is 0. The number of imide groups is 1. The minimum Gasteiger partial charge on any atom is -0.490 e. The molecule has 0 atom stereocenters. The van der Waals surface area contributed by atoms with Crippen molar-refractivity contribution in [1.29, 1.82) is 0 Å². The minimum atomic E-state index is -0.647. The molecule has 2 heterocycles. The lowest BCUT2D eigenvalue weighted by Crippen LogP contribution is -2.32. The maximum atomic E-state index is 12.9. The summed E-state index contributed by atoms with van der Waals surface area (Å²) in [4.78, 5) is 51.3. The Kier molecular flexibility index (Phi) is 6.42. The van der Waals surface area contributed by atoms with Gasteiger partial charge in [-0.3, -0.25) is 24.1 Å². The maximum Gasteiger partial charge on any atom is 0.313 e. The molecule has 0 saturated heterocycles. The molecule has 3 aromatic carbocycles. The monoisotopic (exact) mass is 499 g/mol. The van der Waals surface area contributed by atoms with Crippen molar-refractivity contribution < 1.29 is 33.0 Å². The highest BCUT2D eigenvalue weighted by molar-refractivity contribution is 6.21. The number of rotatable bonds is 8. The number of hydrogen-bond donors (Lipinski definition) is 0. The van der Waals surface area contributed by atoms with Crippen LogP contribution in [-0.4, -0.2) is 35.8 Å². The van der Waals surface area contributed by atoms with Crippen molar-refractivity contribution in [2.75, 3.05) is 13.2 Å². The van der Waals surface area contributed by atoms with Gasteiger partial charge in [0.1, 0.15) is 17.6 Å². The lowest BCUT2D eigenvalue weighted by molar-refractivity contribution is -0.134. The molecule has 5 rings (SSSR count). The van der Waals surface area contributed by atoms with Gasteiger partial charge in [-0.05, 0) is 43.3 Å². The molecule has 1 aliphatic heterocycles. The predicted molar refractivity (Wildman–Crippen MR) is 132 cm³/mol. The molecular weight excluding hydrogens is 478 g/mol. The van der Waals surface area contributed by atoms with E-state index in [1.165, 1.54) is 24.5 Å². The van der Waals surface area contributed by atoms with Gasteiger partial charge in [-0.1, -0.05) is 24.3 Å². The molecule has 0 unspecified atom stereocenters. The van der Waals surface area contributed by atoms with Crippen LogP contribution in [0.25, 0.3) is 11.0 Å². The van der Waals surface area contributed by atoms with Crippen molar-refractivity contribution in [3.8, 4) is 23.0 Å². The van der Waals surface area contributed by atoms with Gasteiger partial charge in [0.2, 0.25) is 11.2 Å². The summed E-state index contributed by atoms with van der Waals surface area (Å²) in [5.74, 6) is -0.535. The zero-order valence-electron chi connectivity index (χ0n) is 19.8. The van der Waals surface area contributed by atoms with E-state index < -0.39 is 23.2 Å². The van der Waals surface area contributed by atoms with E-state index in [1.54, 1.807) is 48.5 Å². The van der Waals surface area contributed by atoms with E-state index in [1.807, 2.05) is 6.92 Å². The van der Waals surface area contributed by atoms with Crippen molar-refractivity contribution in [3.63, 3.8) is 0 Å². The van der Waals surface area contributed by atoms with Gasteiger partial charge >= 0.3 is 5.97 Å². The van der Waals surface area contributed by atoms with Crippen molar-refractivity contribution in [2.45, 2.75) is 13.3 Å². The second-order valence-electron chi connectivity index (χ2n) is 8.10. The third-order valence-corrected chi connectivity index (χ3v) is 5.73. The molecule has 2 amide bonds. The highest BCUT2D eigenvalue weighted by atomic mass is 16.5. The normalized spacial score (nSPS) is 12.5. The van der Waals surface area contributed by atoms with Gasteiger partial charge in [0.05, 0.1) is 29.5 Å². The van der Waals surface area contributed by atoms with Gasteiger partial charge in [0.15, 0.2) is 11.5 Å². The Balaban J connectivity index is 1.26. The molecule has 186 valence electrons. The Bertz CT molecular complexity index is 1550. The minimum absolute atomic E-state index is 0.0228. The molecule has 0 radical (unpaired) electrons. The SMILES string of the molecule is CCOc1ccccc1Oc1coc2cc(OC(=O)CCN3C(=O)c4ccccc4C3=O)ccc2c1=O. The zero-order chi connectivity index (χ0) is 25.9. The summed E-state index contributed by atoms with van der Waals surface area (Å²) in [5, 5.41) is 0.234. The molecule has 0 bridgehead atoms. The number of para-hydroxylation sites is 2. The van der Waals surface area contributed by atoms with Gasteiger partial charge < -0.3 is 18.6 Å². The molecule has 1 aromatic heterocycles. The van der Waals surface area contributed by atoms with Gasteiger partial charge in [0.25, 0.3) is 11.8 Å². The van der Waals surface area contributed by atoms with E-state index in [0.717, 1.165) is 4.90 Å². The molecule has 0 aliphatic carbocycles. The van der Waals surface area contributed by atoms with E-state index in [-0.39, 0.29) is 35.4 Å². The lowest BCUT2D eigenvalue weighted by Gasteiger charge is -2.13. The number of hydrogen-bond acceptors (Lipinski definition) is 8. The average Bonchev–Trinajstić information content (AvgIpc) is 3.15. The van der Waals surface area contributed by atoms with Crippen LogP contribution in [0.4, 0.5) is 0 Å². The third kappa shape index (κ3) is 4.66. The Morgan fingerprint density at radius 1 is 0.865 bits per heavy atom. The van der Waals surface area contributed by atoms with Crippen LogP contribution in [0.2, 0.25) is 0 Å². The quantitative estimate of drug-likeness (QED) is 0.197. The van der Waals surface area contributed by atoms with Gasteiger partial charge in [-0.25, -0.2) is 0 Å². The van der Waals surface area contributed by atoms with E-state index in [0.29, 0.717) is 29.2 Å². The van der Waals surface area contributed by atoms with Crippen LogP contribution in [0.3, 0.4) is 0 Å². The number of carbonyl (C=O) groups excluding carboxylic acids is 3. The number of carbonyl (C=O) groups is 3. The fourth-order valence-corrected chi connectivity index (χ4v) is 3.98. The Morgan fingerprint density at radius 2 is 1.54 bits per heavy atom. The summed E-state index contributed by atoms with van der Waals surface area (Å²) in [6.07, 6.45) is 0.987. The Labute approximate surface area is 210 Å². The number of benzene rings is 3. The topological polar surface area (TPSA) is 112 Å². The smallest absolute Gasteiger partial charge is 0.313 e. The zero-order valence-corrected chi connectivity index (χ0v) is 19.8. The predicted octanol–water partition coefficient (Wildman–Crippen LogP) is 4.58. The summed E-state index contributed by atoms with van der Waals surface area (Å²) in [7, 11) is 0. The standard InChI is InChI=1S/C28H21NO8/c1-2-34-21-9-5-6-10-22(21)37-24-16-35-23-15-17(11-12-20(23)26(24)31)36-25(30)13-14-29-27(32)18-7-3-4-8-19(18)28(29)33/h3-12,15-16H,2,13-14H2,1H3. The molecule has 0 saturated carbocycles. The van der Waals surface area contributed by atoms with Crippen LogP contribution in [0.1, 0.15) is 34.1 Å².